The number of benzene rings is 1. The standard InChI is InChI=1S/C7H6BrFN2S/c8-4-1-2-6(5(9)3-4)11-7(10)12/h1-3H,(H3,10,11,12). The van der Waals surface area contributed by atoms with Gasteiger partial charge in [0.1, 0.15) is 5.82 Å². The number of nitrogens with one attached hydrogen (secondary N) is 1. The van der Waals surface area contributed by atoms with Gasteiger partial charge in [-0.15, -0.1) is 0 Å². The highest BCUT2D eigenvalue weighted by Gasteiger charge is 2.01. The molecule has 12 heavy (non-hydrogen) atoms. The third-order valence-electron chi connectivity index (χ3n) is 1.19. The fourth-order valence-electron chi connectivity index (χ4n) is 0.724. The van der Waals surface area contributed by atoms with Crippen LogP contribution in [0.5, 0.6) is 0 Å². The summed E-state index contributed by atoms with van der Waals surface area (Å²) in [5.41, 5.74) is 5.46. The quantitative estimate of drug-likeness (QED) is 0.749. The van der Waals surface area contributed by atoms with Gasteiger partial charge in [0.25, 0.3) is 0 Å². The minimum Gasteiger partial charge on any atom is -0.376 e. The van der Waals surface area contributed by atoms with Crippen LogP contribution < -0.4 is 11.1 Å². The number of halogens is 2. The van der Waals surface area contributed by atoms with E-state index < -0.39 is 5.82 Å². The van der Waals surface area contributed by atoms with Crippen molar-refractivity contribution in [2.24, 2.45) is 5.73 Å². The highest BCUT2D eigenvalue weighted by Crippen LogP contribution is 2.18. The fourth-order valence-corrected chi connectivity index (χ4v) is 1.17. The first-order valence-electron chi connectivity index (χ1n) is 3.11. The van der Waals surface area contributed by atoms with Gasteiger partial charge in [-0.1, -0.05) is 15.9 Å². The van der Waals surface area contributed by atoms with Crippen molar-refractivity contribution in [1.82, 2.24) is 0 Å². The van der Waals surface area contributed by atoms with E-state index in [1.165, 1.54) is 6.07 Å². The molecule has 5 heteroatoms. The monoisotopic (exact) mass is 248 g/mol. The van der Waals surface area contributed by atoms with Crippen molar-refractivity contribution in [3.05, 3.63) is 28.5 Å². The first kappa shape index (κ1) is 9.41. The molecule has 0 saturated heterocycles. The molecule has 0 heterocycles. The van der Waals surface area contributed by atoms with E-state index in [-0.39, 0.29) is 10.8 Å². The Bertz CT molecular complexity index is 316. The molecule has 0 bridgehead atoms. The summed E-state index contributed by atoms with van der Waals surface area (Å²) in [6, 6.07) is 4.59. The molecule has 0 radical (unpaired) electrons. The molecule has 0 fully saturated rings. The lowest BCUT2D eigenvalue weighted by molar-refractivity contribution is 0.631. The van der Waals surface area contributed by atoms with Crippen LogP contribution in [0.1, 0.15) is 0 Å². The normalized spacial score (nSPS) is 9.50. The topological polar surface area (TPSA) is 38.0 Å². The maximum Gasteiger partial charge on any atom is 0.168 e. The van der Waals surface area contributed by atoms with Crippen LogP contribution in [0.2, 0.25) is 0 Å². The van der Waals surface area contributed by atoms with Crippen molar-refractivity contribution in [2.45, 2.75) is 0 Å². The van der Waals surface area contributed by atoms with Crippen LogP contribution >= 0.6 is 28.1 Å². The predicted octanol–water partition coefficient (Wildman–Crippen LogP) is 2.24. The van der Waals surface area contributed by atoms with Crippen molar-refractivity contribution in [2.75, 3.05) is 5.32 Å². The molecule has 0 atom stereocenters. The second kappa shape index (κ2) is 3.82. The lowest BCUT2D eigenvalue weighted by atomic mass is 10.3. The van der Waals surface area contributed by atoms with E-state index in [1.807, 2.05) is 0 Å². The Morgan fingerprint density at radius 3 is 2.75 bits per heavy atom. The lowest BCUT2D eigenvalue weighted by Crippen LogP contribution is -2.19. The molecule has 0 aromatic heterocycles. The van der Waals surface area contributed by atoms with Crippen molar-refractivity contribution in [3.8, 4) is 0 Å². The number of hydrogen-bond donors (Lipinski definition) is 2. The van der Waals surface area contributed by atoms with Crippen molar-refractivity contribution in [1.29, 1.82) is 0 Å². The van der Waals surface area contributed by atoms with Gasteiger partial charge in [-0.3, -0.25) is 0 Å². The van der Waals surface area contributed by atoms with Crippen LogP contribution in [0.25, 0.3) is 0 Å². The Morgan fingerprint density at radius 2 is 2.25 bits per heavy atom. The van der Waals surface area contributed by atoms with E-state index in [0.717, 1.165) is 0 Å². The maximum atomic E-state index is 13.0. The van der Waals surface area contributed by atoms with Crippen LogP contribution in [0.3, 0.4) is 0 Å². The molecule has 0 aliphatic rings. The van der Waals surface area contributed by atoms with E-state index in [9.17, 15) is 4.39 Å². The number of nitrogens with two attached hydrogens (primary N) is 1. The van der Waals surface area contributed by atoms with Crippen molar-refractivity contribution in [3.63, 3.8) is 0 Å². The number of thiocarbonyl (C=S) groups is 1. The SMILES string of the molecule is NC(=S)Nc1ccc(Br)cc1F. The van der Waals surface area contributed by atoms with Crippen LogP contribution in [0, 0.1) is 5.82 Å². The molecule has 0 amide bonds. The molecule has 1 aromatic carbocycles. The Morgan fingerprint density at radius 1 is 1.58 bits per heavy atom. The molecule has 0 spiro atoms. The summed E-state index contributed by atoms with van der Waals surface area (Å²) in [6.45, 7) is 0. The largest absolute Gasteiger partial charge is 0.376 e. The molecule has 1 rings (SSSR count). The minimum atomic E-state index is -0.392. The van der Waals surface area contributed by atoms with E-state index in [0.29, 0.717) is 4.47 Å². The fraction of sp³-hybridized carbons (Fsp3) is 0. The zero-order valence-corrected chi connectivity index (χ0v) is 8.38. The average Bonchev–Trinajstić information content (AvgIpc) is 1.94. The van der Waals surface area contributed by atoms with E-state index in [4.69, 9.17) is 5.73 Å². The highest BCUT2D eigenvalue weighted by molar-refractivity contribution is 9.10. The summed E-state index contributed by atoms with van der Waals surface area (Å²) in [6.07, 6.45) is 0. The minimum absolute atomic E-state index is 0.0521. The van der Waals surface area contributed by atoms with Gasteiger partial charge >= 0.3 is 0 Å². The maximum absolute atomic E-state index is 13.0. The smallest absolute Gasteiger partial charge is 0.168 e. The van der Waals surface area contributed by atoms with Gasteiger partial charge in [0.2, 0.25) is 0 Å². The van der Waals surface area contributed by atoms with E-state index in [1.54, 1.807) is 12.1 Å². The summed E-state index contributed by atoms with van der Waals surface area (Å²) in [5.74, 6) is -0.392. The Kier molecular flexibility index (Phi) is 2.99. The van der Waals surface area contributed by atoms with Gasteiger partial charge in [0.05, 0.1) is 5.69 Å². The summed E-state index contributed by atoms with van der Waals surface area (Å²) < 4.78 is 13.7. The molecule has 3 N–H and O–H groups in total. The molecular formula is C7H6BrFN2S. The predicted molar refractivity (Wildman–Crippen MR) is 54.5 cm³/mol. The molecule has 0 aliphatic heterocycles. The van der Waals surface area contributed by atoms with Gasteiger partial charge in [0, 0.05) is 4.47 Å². The number of hydrogen-bond acceptors (Lipinski definition) is 1. The molecule has 0 aliphatic carbocycles. The van der Waals surface area contributed by atoms with Crippen molar-refractivity contribution >= 4 is 38.9 Å². The van der Waals surface area contributed by atoms with E-state index in [2.05, 4.69) is 33.5 Å². The molecular weight excluding hydrogens is 243 g/mol. The summed E-state index contributed by atoms with van der Waals surface area (Å²) in [7, 11) is 0. The third kappa shape index (κ3) is 2.42. The van der Waals surface area contributed by atoms with Gasteiger partial charge in [-0.25, -0.2) is 4.39 Å². The van der Waals surface area contributed by atoms with Crippen LogP contribution in [0.15, 0.2) is 22.7 Å². The summed E-state index contributed by atoms with van der Waals surface area (Å²) in [5, 5.41) is 2.57. The van der Waals surface area contributed by atoms with Crippen molar-refractivity contribution < 1.29 is 4.39 Å². The molecule has 2 nitrogen and oxygen atoms in total. The Balaban J connectivity index is 2.93. The van der Waals surface area contributed by atoms with Crippen LogP contribution in [-0.4, -0.2) is 5.11 Å². The third-order valence-corrected chi connectivity index (χ3v) is 1.78. The molecule has 0 saturated carbocycles. The lowest BCUT2D eigenvalue weighted by Gasteiger charge is -2.04. The molecule has 1 aromatic rings. The summed E-state index contributed by atoms with van der Waals surface area (Å²) >= 11 is 7.69. The van der Waals surface area contributed by atoms with Gasteiger partial charge in [-0.05, 0) is 30.4 Å². The van der Waals surface area contributed by atoms with Crippen LogP contribution in [-0.2, 0) is 0 Å². The number of anilines is 1. The van der Waals surface area contributed by atoms with Gasteiger partial charge < -0.3 is 11.1 Å². The number of rotatable bonds is 1. The molecule has 64 valence electrons. The first-order valence-corrected chi connectivity index (χ1v) is 4.31. The zero-order valence-electron chi connectivity index (χ0n) is 5.97. The summed E-state index contributed by atoms with van der Waals surface area (Å²) in [4.78, 5) is 0. The molecule has 0 unspecified atom stereocenters. The Hall–Kier alpha value is -0.680. The first-order chi connectivity index (χ1) is 5.59. The Labute approximate surface area is 83.1 Å². The van der Waals surface area contributed by atoms with Crippen LogP contribution in [0.4, 0.5) is 10.1 Å². The second-order valence-electron chi connectivity index (χ2n) is 2.11. The van der Waals surface area contributed by atoms with E-state index >= 15 is 0 Å². The zero-order chi connectivity index (χ0) is 9.14. The van der Waals surface area contributed by atoms with Gasteiger partial charge in [-0.2, -0.15) is 0 Å². The average molecular weight is 249 g/mol. The second-order valence-corrected chi connectivity index (χ2v) is 3.47. The van der Waals surface area contributed by atoms with Gasteiger partial charge in [0.15, 0.2) is 5.11 Å². The highest BCUT2D eigenvalue weighted by atomic mass is 79.9.